The van der Waals surface area contributed by atoms with Crippen molar-refractivity contribution in [3.05, 3.63) is 20.8 Å². The third-order valence-corrected chi connectivity index (χ3v) is 3.11. The molecule has 76 valence electrons. The summed E-state index contributed by atoms with van der Waals surface area (Å²) in [6, 6.07) is 2.11. The van der Waals surface area contributed by atoms with Gasteiger partial charge in [0.2, 0.25) is 0 Å². The van der Waals surface area contributed by atoms with Crippen molar-refractivity contribution >= 4 is 23.5 Å². The summed E-state index contributed by atoms with van der Waals surface area (Å²) in [5.74, 6) is 0.549. The van der Waals surface area contributed by atoms with Crippen molar-refractivity contribution in [2.24, 2.45) is 4.99 Å². The van der Waals surface area contributed by atoms with E-state index in [1.54, 1.807) is 11.3 Å². The third-order valence-electron chi connectivity index (χ3n) is 2.12. The largest absolute Gasteiger partial charge is 0.294 e. The zero-order valence-corrected chi connectivity index (χ0v) is 8.82. The number of aromatic nitrogens is 4. The van der Waals surface area contributed by atoms with Crippen LogP contribution >= 0.6 is 11.3 Å². The lowest BCUT2D eigenvalue weighted by molar-refractivity contribution is 0.881. The van der Waals surface area contributed by atoms with E-state index in [-0.39, 0.29) is 0 Å². The second-order valence-electron chi connectivity index (χ2n) is 3.23. The van der Waals surface area contributed by atoms with Crippen LogP contribution in [0.25, 0.3) is 6.20 Å². The molecule has 6 nitrogen and oxygen atoms in total. The van der Waals surface area contributed by atoms with Crippen molar-refractivity contribution in [2.45, 2.75) is 6.92 Å². The first-order chi connectivity index (χ1) is 7.33. The molecule has 2 aromatic heterocycles. The van der Waals surface area contributed by atoms with E-state index in [4.69, 9.17) is 0 Å². The molecule has 0 aromatic carbocycles. The molecule has 0 aliphatic carbocycles. The van der Waals surface area contributed by atoms with Crippen LogP contribution in [0.2, 0.25) is 0 Å². The second-order valence-corrected chi connectivity index (χ2v) is 4.46. The Balaban J connectivity index is 2.10. The van der Waals surface area contributed by atoms with Crippen LogP contribution in [0.1, 0.15) is 4.88 Å². The third kappa shape index (κ3) is 1.40. The molecule has 15 heavy (non-hydrogen) atoms. The summed E-state index contributed by atoms with van der Waals surface area (Å²) >= 11 is 1.70. The minimum atomic E-state index is 0.548. The Hall–Kier alpha value is -1.76. The average Bonchev–Trinajstić information content (AvgIpc) is 2.82. The number of anilines is 1. The Bertz CT molecular complexity index is 583. The van der Waals surface area contributed by atoms with Gasteiger partial charge in [0.15, 0.2) is 0 Å². The van der Waals surface area contributed by atoms with E-state index in [0.29, 0.717) is 12.6 Å². The van der Waals surface area contributed by atoms with Gasteiger partial charge in [0.05, 0.1) is 0 Å². The molecule has 0 atom stereocenters. The van der Waals surface area contributed by atoms with Gasteiger partial charge in [-0.15, -0.1) is 16.4 Å². The minimum absolute atomic E-state index is 0.548. The zero-order chi connectivity index (χ0) is 10.3. The van der Waals surface area contributed by atoms with E-state index < -0.39 is 0 Å². The van der Waals surface area contributed by atoms with Crippen LogP contribution in [-0.4, -0.2) is 27.3 Å². The van der Waals surface area contributed by atoms with Gasteiger partial charge < -0.3 is 0 Å². The Morgan fingerprint density at radius 1 is 1.53 bits per heavy atom. The Morgan fingerprint density at radius 3 is 3.27 bits per heavy atom. The number of thiophene rings is 1. The molecule has 3 heterocycles. The molecule has 0 amide bonds. The molecule has 0 bridgehead atoms. The standard InChI is InChI=1S/C8H8N6S/c1-5-2-6-3-14(4-9-7(6)15-5)8-10-12-13-11-8/h2-3H,4H2,1H3,(H,10,11,12,13). The van der Waals surface area contributed by atoms with Crippen LogP contribution in [0.5, 0.6) is 0 Å². The first-order valence-corrected chi connectivity index (χ1v) is 5.27. The van der Waals surface area contributed by atoms with Crippen molar-refractivity contribution in [3.8, 4) is 0 Å². The molecular weight excluding hydrogens is 212 g/mol. The van der Waals surface area contributed by atoms with E-state index in [9.17, 15) is 0 Å². The van der Waals surface area contributed by atoms with Crippen LogP contribution < -0.4 is 14.8 Å². The number of rotatable bonds is 1. The lowest BCUT2D eigenvalue weighted by Crippen LogP contribution is -2.33. The van der Waals surface area contributed by atoms with Crippen LogP contribution in [0.4, 0.5) is 5.95 Å². The molecule has 1 aliphatic heterocycles. The highest BCUT2D eigenvalue weighted by molar-refractivity contribution is 7.09. The van der Waals surface area contributed by atoms with Crippen LogP contribution in [0, 0.1) is 6.92 Å². The lowest BCUT2D eigenvalue weighted by atomic mass is 10.4. The normalized spacial score (nSPS) is 14.3. The van der Waals surface area contributed by atoms with Gasteiger partial charge in [-0.1, -0.05) is 5.10 Å². The molecule has 0 radical (unpaired) electrons. The molecule has 1 N–H and O–H groups in total. The number of nitrogens with one attached hydrogen (secondary N) is 1. The highest BCUT2D eigenvalue weighted by atomic mass is 32.1. The predicted octanol–water partition coefficient (Wildman–Crippen LogP) is -0.595. The number of hydrogen-bond donors (Lipinski definition) is 1. The van der Waals surface area contributed by atoms with Crippen molar-refractivity contribution in [2.75, 3.05) is 11.6 Å². The van der Waals surface area contributed by atoms with E-state index in [0.717, 1.165) is 9.89 Å². The fourth-order valence-corrected chi connectivity index (χ4v) is 2.33. The van der Waals surface area contributed by atoms with Crippen LogP contribution in [-0.2, 0) is 0 Å². The molecule has 0 saturated carbocycles. The quantitative estimate of drug-likeness (QED) is 0.697. The molecule has 0 fully saturated rings. The summed E-state index contributed by atoms with van der Waals surface area (Å²) in [5.41, 5.74) is 0. The molecule has 3 rings (SSSR count). The Morgan fingerprint density at radius 2 is 2.47 bits per heavy atom. The molecule has 0 unspecified atom stereocenters. The molecule has 0 saturated heterocycles. The zero-order valence-electron chi connectivity index (χ0n) is 8.01. The number of aryl methyl sites for hydroxylation is 1. The first kappa shape index (κ1) is 8.54. The second kappa shape index (κ2) is 3.13. The van der Waals surface area contributed by atoms with Gasteiger partial charge in [0, 0.05) is 16.3 Å². The monoisotopic (exact) mass is 220 g/mol. The Kier molecular flexibility index (Phi) is 1.78. The maximum atomic E-state index is 4.44. The highest BCUT2D eigenvalue weighted by Gasteiger charge is 2.11. The molecule has 2 aromatic rings. The highest BCUT2D eigenvalue weighted by Crippen LogP contribution is 2.06. The fraction of sp³-hybridized carbons (Fsp3) is 0.250. The summed E-state index contributed by atoms with van der Waals surface area (Å²) in [7, 11) is 0. The summed E-state index contributed by atoms with van der Waals surface area (Å²) in [4.78, 5) is 7.56. The maximum absolute atomic E-state index is 4.44. The van der Waals surface area contributed by atoms with Gasteiger partial charge in [-0.05, 0) is 18.2 Å². The molecule has 1 aliphatic rings. The maximum Gasteiger partial charge on any atom is 0.271 e. The van der Waals surface area contributed by atoms with Crippen molar-refractivity contribution in [1.29, 1.82) is 0 Å². The predicted molar refractivity (Wildman–Crippen MR) is 55.8 cm³/mol. The summed E-state index contributed by atoms with van der Waals surface area (Å²) in [5, 5.41) is 14.9. The number of nitrogens with zero attached hydrogens (tertiary/aromatic N) is 5. The topological polar surface area (TPSA) is 70.1 Å². The SMILES string of the molecule is Cc1cc2c(s1)=NCN(c1nn[nH]n1)C=2. The van der Waals surface area contributed by atoms with Crippen LogP contribution in [0.3, 0.4) is 0 Å². The molecule has 0 spiro atoms. The fourth-order valence-electron chi connectivity index (χ4n) is 1.49. The smallest absolute Gasteiger partial charge is 0.271 e. The van der Waals surface area contributed by atoms with E-state index in [2.05, 4.69) is 38.6 Å². The van der Waals surface area contributed by atoms with Gasteiger partial charge in [0.25, 0.3) is 5.95 Å². The summed E-state index contributed by atoms with van der Waals surface area (Å²) in [6.45, 7) is 2.62. The number of H-pyrrole nitrogens is 1. The number of hydrogen-bond acceptors (Lipinski definition) is 6. The lowest BCUT2D eigenvalue weighted by Gasteiger charge is -2.13. The van der Waals surface area contributed by atoms with Crippen LogP contribution in [0.15, 0.2) is 11.1 Å². The number of fused-ring (bicyclic) bond motifs is 1. The number of aromatic amines is 1. The van der Waals surface area contributed by atoms with Crippen molar-refractivity contribution in [1.82, 2.24) is 20.6 Å². The van der Waals surface area contributed by atoms with E-state index >= 15 is 0 Å². The van der Waals surface area contributed by atoms with Gasteiger partial charge in [-0.3, -0.25) is 9.89 Å². The summed E-state index contributed by atoms with van der Waals surface area (Å²) < 4.78 is 1.08. The van der Waals surface area contributed by atoms with Crippen molar-refractivity contribution in [3.63, 3.8) is 0 Å². The van der Waals surface area contributed by atoms with Gasteiger partial charge >= 0.3 is 0 Å². The van der Waals surface area contributed by atoms with Gasteiger partial charge in [-0.2, -0.15) is 5.21 Å². The van der Waals surface area contributed by atoms with Crippen molar-refractivity contribution < 1.29 is 0 Å². The molecular formula is C8H8N6S. The van der Waals surface area contributed by atoms with E-state index in [1.165, 1.54) is 4.88 Å². The number of tetrazole rings is 1. The molecule has 7 heteroatoms. The summed E-state index contributed by atoms with van der Waals surface area (Å²) in [6.07, 6.45) is 2.00. The Labute approximate surface area is 89.0 Å². The minimum Gasteiger partial charge on any atom is -0.294 e. The van der Waals surface area contributed by atoms with Gasteiger partial charge in [-0.25, -0.2) is 0 Å². The van der Waals surface area contributed by atoms with E-state index in [1.807, 2.05) is 11.1 Å². The first-order valence-electron chi connectivity index (χ1n) is 4.46. The average molecular weight is 220 g/mol. The van der Waals surface area contributed by atoms with Gasteiger partial charge in [0.1, 0.15) is 11.3 Å².